The number of hydrogen-bond donors (Lipinski definition) is 1. The first kappa shape index (κ1) is 16.1. The van der Waals surface area contributed by atoms with Gasteiger partial charge in [-0.15, -0.1) is 11.3 Å². The van der Waals surface area contributed by atoms with Gasteiger partial charge >= 0.3 is 0 Å². The molecular weight excluding hydrogens is 344 g/mol. The van der Waals surface area contributed by atoms with Crippen molar-refractivity contribution < 1.29 is 4.79 Å². The number of anilines is 1. The molecule has 2 aromatic carbocycles. The average molecular weight is 358 g/mol. The van der Waals surface area contributed by atoms with E-state index in [-0.39, 0.29) is 5.91 Å². The number of amides is 1. The number of benzene rings is 2. The molecule has 0 saturated heterocycles. The maximum atomic E-state index is 12.7. The van der Waals surface area contributed by atoms with Crippen LogP contribution in [0.1, 0.15) is 21.6 Å². The van der Waals surface area contributed by atoms with Crippen LogP contribution in [-0.4, -0.2) is 15.3 Å². The Morgan fingerprint density at radius 2 is 1.96 bits per heavy atom. The van der Waals surface area contributed by atoms with Crippen LogP contribution in [0.4, 0.5) is 5.69 Å². The number of para-hydroxylation sites is 1. The number of nitriles is 1. The highest BCUT2D eigenvalue weighted by Gasteiger charge is 2.16. The van der Waals surface area contributed by atoms with Crippen LogP contribution < -0.4 is 5.32 Å². The van der Waals surface area contributed by atoms with Gasteiger partial charge in [-0.3, -0.25) is 9.20 Å². The third-order valence-corrected chi connectivity index (χ3v) is 4.92. The van der Waals surface area contributed by atoms with Gasteiger partial charge in [-0.25, -0.2) is 4.98 Å². The second-order valence-corrected chi connectivity index (χ2v) is 6.71. The first-order chi connectivity index (χ1) is 12.7. The fourth-order valence-electron chi connectivity index (χ4n) is 2.69. The van der Waals surface area contributed by atoms with Crippen molar-refractivity contribution >= 4 is 27.9 Å². The summed E-state index contributed by atoms with van der Waals surface area (Å²) in [6.45, 7) is 2.04. The van der Waals surface area contributed by atoms with Crippen molar-refractivity contribution in [3.05, 3.63) is 76.9 Å². The Balaban J connectivity index is 1.67. The molecular formula is C20H14N4OS. The molecule has 0 unspecified atom stereocenters. The molecule has 0 atom stereocenters. The molecule has 126 valence electrons. The van der Waals surface area contributed by atoms with E-state index >= 15 is 0 Å². The lowest BCUT2D eigenvalue weighted by Gasteiger charge is -2.05. The van der Waals surface area contributed by atoms with E-state index in [1.165, 1.54) is 16.9 Å². The standard InChI is InChI=1S/C20H14N4OS/c1-13-6-8-14(9-7-13)17-11-24-18(12-26-20(24)23-17)19(25)22-16-5-3-2-4-15(16)10-21/h2-9,11-12H,1H3,(H,22,25). The van der Waals surface area contributed by atoms with Crippen LogP contribution >= 0.6 is 11.3 Å². The van der Waals surface area contributed by atoms with E-state index in [9.17, 15) is 4.79 Å². The summed E-state index contributed by atoms with van der Waals surface area (Å²) in [4.78, 5) is 18.0. The van der Waals surface area contributed by atoms with Crippen molar-refractivity contribution in [3.8, 4) is 17.3 Å². The molecule has 5 nitrogen and oxygen atoms in total. The zero-order valence-electron chi connectivity index (χ0n) is 13.9. The minimum Gasteiger partial charge on any atom is -0.319 e. The minimum absolute atomic E-state index is 0.271. The second kappa shape index (κ2) is 6.47. The Labute approximate surface area is 154 Å². The maximum absolute atomic E-state index is 12.7. The highest BCUT2D eigenvalue weighted by molar-refractivity contribution is 7.15. The summed E-state index contributed by atoms with van der Waals surface area (Å²) in [6, 6.07) is 17.1. The van der Waals surface area contributed by atoms with Gasteiger partial charge in [0.1, 0.15) is 11.8 Å². The van der Waals surface area contributed by atoms with Crippen LogP contribution in [0.3, 0.4) is 0 Å². The molecule has 6 heteroatoms. The van der Waals surface area contributed by atoms with Gasteiger partial charge in [0.2, 0.25) is 0 Å². The van der Waals surface area contributed by atoms with Gasteiger partial charge in [-0.2, -0.15) is 5.26 Å². The van der Waals surface area contributed by atoms with Crippen molar-refractivity contribution in [2.75, 3.05) is 5.32 Å². The highest BCUT2D eigenvalue weighted by atomic mass is 32.1. The number of carbonyl (C=O) groups excluding carboxylic acids is 1. The molecule has 4 aromatic rings. The van der Waals surface area contributed by atoms with E-state index in [2.05, 4.69) is 16.4 Å². The summed E-state index contributed by atoms with van der Waals surface area (Å²) >= 11 is 1.41. The van der Waals surface area contributed by atoms with Gasteiger partial charge in [-0.1, -0.05) is 42.0 Å². The highest BCUT2D eigenvalue weighted by Crippen LogP contribution is 2.25. The number of imidazole rings is 1. The third-order valence-electron chi connectivity index (χ3n) is 4.08. The molecule has 0 aliphatic rings. The van der Waals surface area contributed by atoms with E-state index in [1.807, 2.05) is 37.4 Å². The molecule has 0 aliphatic heterocycles. The number of fused-ring (bicyclic) bond motifs is 1. The van der Waals surface area contributed by atoms with Crippen LogP contribution in [0.25, 0.3) is 16.2 Å². The van der Waals surface area contributed by atoms with Gasteiger partial charge in [0.25, 0.3) is 5.91 Å². The van der Waals surface area contributed by atoms with E-state index in [0.717, 1.165) is 16.2 Å². The van der Waals surface area contributed by atoms with Gasteiger partial charge < -0.3 is 5.32 Å². The van der Waals surface area contributed by atoms with Crippen LogP contribution in [0.5, 0.6) is 0 Å². The maximum Gasteiger partial charge on any atom is 0.273 e. The lowest BCUT2D eigenvalue weighted by Crippen LogP contribution is -2.14. The smallest absolute Gasteiger partial charge is 0.273 e. The van der Waals surface area contributed by atoms with Gasteiger partial charge in [-0.05, 0) is 19.1 Å². The predicted octanol–water partition coefficient (Wildman–Crippen LogP) is 4.50. The van der Waals surface area contributed by atoms with Gasteiger partial charge in [0, 0.05) is 17.1 Å². The zero-order chi connectivity index (χ0) is 18.1. The lowest BCUT2D eigenvalue weighted by atomic mass is 10.1. The number of thiazole rings is 1. The number of nitrogens with zero attached hydrogens (tertiary/aromatic N) is 3. The van der Waals surface area contributed by atoms with Gasteiger partial charge in [0.05, 0.1) is 16.9 Å². The Morgan fingerprint density at radius 1 is 1.19 bits per heavy atom. The molecule has 1 N–H and O–H groups in total. The van der Waals surface area contributed by atoms with Gasteiger partial charge in [0.15, 0.2) is 4.96 Å². The number of hydrogen-bond acceptors (Lipinski definition) is 4. The first-order valence-corrected chi connectivity index (χ1v) is 8.88. The zero-order valence-corrected chi connectivity index (χ0v) is 14.7. The monoisotopic (exact) mass is 358 g/mol. The summed E-state index contributed by atoms with van der Waals surface area (Å²) in [7, 11) is 0. The summed E-state index contributed by atoms with van der Waals surface area (Å²) in [5.74, 6) is -0.271. The largest absolute Gasteiger partial charge is 0.319 e. The Bertz CT molecular complexity index is 1150. The number of carbonyl (C=O) groups is 1. The summed E-state index contributed by atoms with van der Waals surface area (Å²) < 4.78 is 1.78. The molecule has 0 radical (unpaired) electrons. The molecule has 0 fully saturated rings. The predicted molar refractivity (Wildman–Crippen MR) is 102 cm³/mol. The summed E-state index contributed by atoms with van der Waals surface area (Å²) in [5.41, 5.74) is 4.43. The topological polar surface area (TPSA) is 70.2 Å². The Kier molecular flexibility index (Phi) is 3.99. The van der Waals surface area contributed by atoms with Crippen LogP contribution in [0.15, 0.2) is 60.1 Å². The molecule has 1 amide bonds. The molecule has 2 heterocycles. The molecule has 0 saturated carbocycles. The quantitative estimate of drug-likeness (QED) is 0.586. The molecule has 26 heavy (non-hydrogen) atoms. The number of aryl methyl sites for hydroxylation is 1. The molecule has 2 aromatic heterocycles. The van der Waals surface area contributed by atoms with Crippen molar-refractivity contribution in [1.82, 2.24) is 9.38 Å². The van der Waals surface area contributed by atoms with Crippen LogP contribution in [0, 0.1) is 18.3 Å². The molecule has 0 spiro atoms. The first-order valence-electron chi connectivity index (χ1n) is 8.00. The van der Waals surface area contributed by atoms with Crippen molar-refractivity contribution in [1.29, 1.82) is 5.26 Å². The Hall–Kier alpha value is -3.43. The van der Waals surface area contributed by atoms with Crippen molar-refractivity contribution in [2.24, 2.45) is 0 Å². The van der Waals surface area contributed by atoms with E-state index in [4.69, 9.17) is 5.26 Å². The number of nitrogens with one attached hydrogen (secondary N) is 1. The van der Waals surface area contributed by atoms with Crippen molar-refractivity contribution in [2.45, 2.75) is 6.92 Å². The minimum atomic E-state index is -0.271. The fraction of sp³-hybridized carbons (Fsp3) is 0.0500. The second-order valence-electron chi connectivity index (χ2n) is 5.88. The average Bonchev–Trinajstić information content (AvgIpc) is 3.23. The van der Waals surface area contributed by atoms with E-state index in [1.54, 1.807) is 34.0 Å². The van der Waals surface area contributed by atoms with E-state index < -0.39 is 0 Å². The van der Waals surface area contributed by atoms with Crippen molar-refractivity contribution in [3.63, 3.8) is 0 Å². The SMILES string of the molecule is Cc1ccc(-c2cn3c(C(=O)Nc4ccccc4C#N)csc3n2)cc1. The number of aromatic nitrogens is 2. The molecule has 4 rings (SSSR count). The van der Waals surface area contributed by atoms with E-state index in [0.29, 0.717) is 16.9 Å². The summed E-state index contributed by atoms with van der Waals surface area (Å²) in [6.07, 6.45) is 1.86. The number of rotatable bonds is 3. The summed E-state index contributed by atoms with van der Waals surface area (Å²) in [5, 5.41) is 13.7. The third kappa shape index (κ3) is 2.85. The van der Waals surface area contributed by atoms with Crippen LogP contribution in [0.2, 0.25) is 0 Å². The van der Waals surface area contributed by atoms with Crippen LogP contribution in [-0.2, 0) is 0 Å². The molecule has 0 aliphatic carbocycles. The Morgan fingerprint density at radius 3 is 2.73 bits per heavy atom. The fourth-order valence-corrected chi connectivity index (χ4v) is 3.54. The molecule has 0 bridgehead atoms. The normalized spacial score (nSPS) is 10.6. The lowest BCUT2D eigenvalue weighted by molar-refractivity contribution is 0.102.